The maximum atomic E-state index is 12.3. The van der Waals surface area contributed by atoms with E-state index in [1.165, 1.54) is 11.3 Å². The fourth-order valence-corrected chi connectivity index (χ4v) is 2.93. The van der Waals surface area contributed by atoms with E-state index >= 15 is 0 Å². The first-order valence-electron chi connectivity index (χ1n) is 6.86. The van der Waals surface area contributed by atoms with Gasteiger partial charge in [-0.3, -0.25) is 4.79 Å². The van der Waals surface area contributed by atoms with Gasteiger partial charge in [-0.15, -0.1) is 11.3 Å². The van der Waals surface area contributed by atoms with Gasteiger partial charge in [-0.05, 0) is 35.9 Å². The van der Waals surface area contributed by atoms with Crippen LogP contribution in [0.2, 0.25) is 0 Å². The molecule has 0 aliphatic heterocycles. The van der Waals surface area contributed by atoms with E-state index in [4.69, 9.17) is 5.11 Å². The van der Waals surface area contributed by atoms with Crippen molar-refractivity contribution in [2.24, 2.45) is 5.92 Å². The fraction of sp³-hybridized carbons (Fsp3) is 0.400. The molecule has 0 saturated heterocycles. The van der Waals surface area contributed by atoms with Crippen molar-refractivity contribution in [1.29, 1.82) is 0 Å². The van der Waals surface area contributed by atoms with E-state index in [9.17, 15) is 4.79 Å². The number of aliphatic hydroxyl groups is 1. The normalized spacial score (nSPS) is 12.3. The lowest BCUT2D eigenvalue weighted by molar-refractivity contribution is 0.0947. The van der Waals surface area contributed by atoms with Crippen LogP contribution in [0.4, 0.5) is 0 Å². The second-order valence-corrected chi connectivity index (χ2v) is 5.64. The molecule has 0 fully saturated rings. The molecule has 0 saturated carbocycles. The summed E-state index contributed by atoms with van der Waals surface area (Å²) in [5, 5.41) is 13.9. The average molecular weight is 292 g/mol. The molecule has 0 radical (unpaired) electrons. The van der Waals surface area contributed by atoms with E-state index in [0.29, 0.717) is 12.5 Å². The molecule has 0 bridgehead atoms. The molecule has 0 spiro atoms. The number of thiophene rings is 1. The van der Waals surface area contributed by atoms with Gasteiger partial charge >= 0.3 is 0 Å². The maximum absolute atomic E-state index is 12.3. The van der Waals surface area contributed by atoms with Crippen LogP contribution in [0, 0.1) is 5.92 Å². The van der Waals surface area contributed by atoms with E-state index in [2.05, 4.69) is 12.2 Å². The predicted octanol–water partition coefficient (Wildman–Crippen LogP) is 2.68. The summed E-state index contributed by atoms with van der Waals surface area (Å²) < 4.78 is 1.94. The first-order chi connectivity index (χ1) is 9.76. The summed E-state index contributed by atoms with van der Waals surface area (Å²) in [6.07, 6.45) is 5.54. The molecule has 2 heterocycles. The molecule has 2 rings (SSSR count). The van der Waals surface area contributed by atoms with Crippen molar-refractivity contribution in [2.75, 3.05) is 13.2 Å². The van der Waals surface area contributed by atoms with Gasteiger partial charge in [0.1, 0.15) is 4.88 Å². The van der Waals surface area contributed by atoms with Crippen LogP contribution >= 0.6 is 11.3 Å². The number of aromatic nitrogens is 1. The lowest BCUT2D eigenvalue weighted by Gasteiger charge is -2.14. The van der Waals surface area contributed by atoms with Gasteiger partial charge in [-0.2, -0.15) is 0 Å². The van der Waals surface area contributed by atoms with Crippen molar-refractivity contribution in [3.05, 3.63) is 40.8 Å². The highest BCUT2D eigenvalue weighted by Crippen LogP contribution is 2.21. The van der Waals surface area contributed by atoms with Crippen LogP contribution in [0.3, 0.4) is 0 Å². The SMILES string of the molecule is CCC(CCO)CNC(=O)c1sccc1-n1cccc1. The molecule has 20 heavy (non-hydrogen) atoms. The number of nitrogens with zero attached hydrogens (tertiary/aromatic N) is 1. The Bertz CT molecular complexity index is 534. The van der Waals surface area contributed by atoms with Crippen molar-refractivity contribution >= 4 is 17.2 Å². The van der Waals surface area contributed by atoms with Gasteiger partial charge in [0, 0.05) is 25.5 Å². The minimum Gasteiger partial charge on any atom is -0.396 e. The summed E-state index contributed by atoms with van der Waals surface area (Å²) in [7, 11) is 0. The third-order valence-corrected chi connectivity index (χ3v) is 4.30. The Labute approximate surface area is 123 Å². The minimum atomic E-state index is -0.0416. The Hall–Kier alpha value is -1.59. The van der Waals surface area contributed by atoms with Crippen LogP contribution < -0.4 is 5.32 Å². The Morgan fingerprint density at radius 1 is 1.45 bits per heavy atom. The molecular formula is C15H20N2O2S. The Balaban J connectivity index is 2.02. The first kappa shape index (κ1) is 14.8. The molecule has 2 aromatic rings. The number of hydrogen-bond donors (Lipinski definition) is 2. The molecule has 2 N–H and O–H groups in total. The van der Waals surface area contributed by atoms with Gasteiger partial charge < -0.3 is 15.0 Å². The summed E-state index contributed by atoms with van der Waals surface area (Å²) in [6.45, 7) is 2.85. The monoisotopic (exact) mass is 292 g/mol. The number of nitrogens with one attached hydrogen (secondary N) is 1. The molecular weight excluding hydrogens is 272 g/mol. The molecule has 108 valence electrons. The van der Waals surface area contributed by atoms with Crippen LogP contribution in [0.1, 0.15) is 29.4 Å². The summed E-state index contributed by atoms with van der Waals surface area (Å²) in [4.78, 5) is 13.0. The van der Waals surface area contributed by atoms with Gasteiger partial charge in [-0.25, -0.2) is 0 Å². The highest BCUT2D eigenvalue weighted by atomic mass is 32.1. The van der Waals surface area contributed by atoms with E-state index in [1.807, 2.05) is 40.5 Å². The lowest BCUT2D eigenvalue weighted by Crippen LogP contribution is -2.29. The number of amides is 1. The van der Waals surface area contributed by atoms with E-state index in [1.54, 1.807) is 0 Å². The second kappa shape index (κ2) is 7.26. The molecule has 1 atom stereocenters. The number of carbonyl (C=O) groups is 1. The third-order valence-electron chi connectivity index (χ3n) is 3.40. The first-order valence-corrected chi connectivity index (χ1v) is 7.74. The Kier molecular flexibility index (Phi) is 5.38. The maximum Gasteiger partial charge on any atom is 0.263 e. The number of rotatable bonds is 7. The quantitative estimate of drug-likeness (QED) is 0.824. The Morgan fingerprint density at radius 2 is 2.20 bits per heavy atom. The summed E-state index contributed by atoms with van der Waals surface area (Å²) in [5.74, 6) is 0.291. The zero-order valence-corrected chi connectivity index (χ0v) is 12.4. The van der Waals surface area contributed by atoms with Crippen molar-refractivity contribution < 1.29 is 9.90 Å². The fourth-order valence-electron chi connectivity index (χ4n) is 2.12. The van der Waals surface area contributed by atoms with E-state index in [-0.39, 0.29) is 12.5 Å². The van der Waals surface area contributed by atoms with E-state index < -0.39 is 0 Å². The van der Waals surface area contributed by atoms with Crippen molar-refractivity contribution in [3.63, 3.8) is 0 Å². The zero-order chi connectivity index (χ0) is 14.4. The average Bonchev–Trinajstić information content (AvgIpc) is 3.12. The lowest BCUT2D eigenvalue weighted by atomic mass is 10.0. The Morgan fingerprint density at radius 3 is 2.85 bits per heavy atom. The van der Waals surface area contributed by atoms with Crippen molar-refractivity contribution in [3.8, 4) is 5.69 Å². The molecule has 5 heteroatoms. The smallest absolute Gasteiger partial charge is 0.263 e. The predicted molar refractivity (Wildman–Crippen MR) is 81.5 cm³/mol. The van der Waals surface area contributed by atoms with Gasteiger partial charge in [0.15, 0.2) is 0 Å². The number of hydrogen-bond acceptors (Lipinski definition) is 3. The second-order valence-electron chi connectivity index (χ2n) is 4.72. The molecule has 0 aliphatic rings. The van der Waals surface area contributed by atoms with Gasteiger partial charge in [0.25, 0.3) is 5.91 Å². The number of aliphatic hydroxyl groups excluding tert-OH is 1. The van der Waals surface area contributed by atoms with Crippen LogP contribution in [0.5, 0.6) is 0 Å². The molecule has 4 nitrogen and oxygen atoms in total. The largest absolute Gasteiger partial charge is 0.396 e. The molecule has 2 aromatic heterocycles. The topological polar surface area (TPSA) is 54.3 Å². The molecule has 1 amide bonds. The summed E-state index contributed by atoms with van der Waals surface area (Å²) >= 11 is 1.45. The highest BCUT2D eigenvalue weighted by Gasteiger charge is 2.15. The van der Waals surface area contributed by atoms with Crippen LogP contribution in [0.15, 0.2) is 36.0 Å². The highest BCUT2D eigenvalue weighted by molar-refractivity contribution is 7.12. The third kappa shape index (κ3) is 3.49. The van der Waals surface area contributed by atoms with Gasteiger partial charge in [-0.1, -0.05) is 13.3 Å². The zero-order valence-electron chi connectivity index (χ0n) is 11.6. The van der Waals surface area contributed by atoms with Crippen LogP contribution in [-0.2, 0) is 0 Å². The number of carbonyl (C=O) groups excluding carboxylic acids is 1. The minimum absolute atomic E-state index is 0.0416. The summed E-state index contributed by atoms with van der Waals surface area (Å²) in [6, 6.07) is 5.83. The van der Waals surface area contributed by atoms with Crippen molar-refractivity contribution in [1.82, 2.24) is 9.88 Å². The summed E-state index contributed by atoms with van der Waals surface area (Å²) in [5.41, 5.74) is 0.910. The van der Waals surface area contributed by atoms with E-state index in [0.717, 1.165) is 23.4 Å². The molecule has 0 aromatic carbocycles. The van der Waals surface area contributed by atoms with Gasteiger partial charge in [0.2, 0.25) is 0 Å². The standard InChI is InChI=1S/C15H20N2O2S/c1-2-12(5-9-18)11-16-15(19)14-13(6-10-20-14)17-7-3-4-8-17/h3-4,6-8,10,12,18H,2,5,9,11H2,1H3,(H,16,19). The van der Waals surface area contributed by atoms with Crippen LogP contribution in [-0.4, -0.2) is 28.7 Å². The van der Waals surface area contributed by atoms with Crippen molar-refractivity contribution in [2.45, 2.75) is 19.8 Å². The van der Waals surface area contributed by atoms with Crippen LogP contribution in [0.25, 0.3) is 5.69 Å². The molecule has 1 unspecified atom stereocenters. The van der Waals surface area contributed by atoms with Gasteiger partial charge in [0.05, 0.1) is 5.69 Å². The molecule has 0 aliphatic carbocycles.